The van der Waals surface area contributed by atoms with E-state index in [1.165, 1.54) is 31.5 Å². The van der Waals surface area contributed by atoms with Gasteiger partial charge < -0.3 is 45.5 Å². The van der Waals surface area contributed by atoms with Gasteiger partial charge in [-0.25, -0.2) is 15.0 Å². The molecule has 4 saturated carbocycles. The molecule has 15 rings (SSSR count). The molecule has 0 bridgehead atoms. The maximum atomic E-state index is 12.6. The fraction of sp³-hybridized carbons (Fsp3) is 0.197. The Morgan fingerprint density at radius 2 is 0.933 bits per heavy atom. The molecule has 452 valence electrons. The van der Waals surface area contributed by atoms with Crippen LogP contribution in [0.15, 0.2) is 187 Å². The third kappa shape index (κ3) is 12.9. The van der Waals surface area contributed by atoms with E-state index in [9.17, 15) is 38.4 Å². The van der Waals surface area contributed by atoms with Crippen LogP contribution in [0.2, 0.25) is 0 Å². The molecule has 8 N–H and O–H groups in total. The predicted molar refractivity (Wildman–Crippen MR) is 341 cm³/mol. The van der Waals surface area contributed by atoms with E-state index in [-0.39, 0.29) is 76.5 Å². The van der Waals surface area contributed by atoms with Gasteiger partial charge in [-0.1, -0.05) is 121 Å². The molecule has 19 heteroatoms. The summed E-state index contributed by atoms with van der Waals surface area (Å²) in [4.78, 5) is 105. The zero-order chi connectivity index (χ0) is 62.6. The zero-order valence-corrected chi connectivity index (χ0v) is 48.9. The number of amides is 4. The second-order valence-corrected chi connectivity index (χ2v) is 22.9. The lowest BCUT2D eigenvalue weighted by atomic mass is 10.0. The molecule has 4 fully saturated rings. The smallest absolute Gasteiger partial charge is 0.338 e. The molecule has 0 spiro atoms. The van der Waals surface area contributed by atoms with Gasteiger partial charge in [0.05, 0.1) is 43.0 Å². The number of hydrogen-bond donors (Lipinski definition) is 8. The van der Waals surface area contributed by atoms with E-state index in [2.05, 4.69) is 65.7 Å². The lowest BCUT2D eigenvalue weighted by Gasteiger charge is -2.09. The first-order chi connectivity index (χ1) is 43.8. The van der Waals surface area contributed by atoms with Crippen molar-refractivity contribution in [1.29, 1.82) is 0 Å². The molecule has 1 aliphatic heterocycles. The number of anilines is 3. The first-order valence-electron chi connectivity index (χ1n) is 29.5. The molecule has 3 unspecified atom stereocenters. The standard InChI is InChI=1S/C21H18N2O4.C20H16N4O2.C20H18N2O3.C10H10O2/c1-27-21(26)17-7-14(8-18-19(17)13(11-24)10-22-18)23-20(25)16-9-15(16)12-5-3-2-4-6-12;25-19(15-8-14(15)11-4-2-1-3-5-11)23-13-6-16-18-12(9-21-17(18)7-13)10-22-24-20(16)26;1-25-20(24)17-9-13(10-18-14(17)7-8-21-18)22-19(23)16-11-15(16)12-5-3-2-4-6-12;11-10(12)9-6-8(9)7-4-2-1-3-5-7/h2-8,10-11,15-16,22H,9H2,1H3,(H,23,25);1-7,9-10,14-15,21H,8H2,(H,23,25)(H,24,26);2-10,15-16,21H,11H2,1H3,(H,22,23);1-5,8-9H,6H2,(H,11,12)/t15-,16?;14-,15+;15-,16?;8-,9?/m0000/s1. The quantitative estimate of drug-likeness (QED) is 0.0374. The van der Waals surface area contributed by atoms with Gasteiger partial charge in [0.1, 0.15) is 0 Å². The first-order valence-corrected chi connectivity index (χ1v) is 29.5. The van der Waals surface area contributed by atoms with Crippen LogP contribution < -0.4 is 21.4 Å². The summed E-state index contributed by atoms with van der Waals surface area (Å²) in [5.41, 5.74) is 13.5. The second-order valence-electron chi connectivity index (χ2n) is 22.9. The number of benzene rings is 7. The number of esters is 2. The highest BCUT2D eigenvalue weighted by atomic mass is 16.5. The minimum Gasteiger partial charge on any atom is -0.481 e. The van der Waals surface area contributed by atoms with Gasteiger partial charge in [-0.3, -0.25) is 28.8 Å². The highest BCUT2D eigenvalue weighted by Crippen LogP contribution is 2.50. The van der Waals surface area contributed by atoms with E-state index in [0.717, 1.165) is 64.2 Å². The number of aromatic nitrogens is 3. The van der Waals surface area contributed by atoms with Crippen LogP contribution >= 0.6 is 0 Å². The van der Waals surface area contributed by atoms with Crippen LogP contribution in [0.4, 0.5) is 17.1 Å². The van der Waals surface area contributed by atoms with Gasteiger partial charge >= 0.3 is 17.9 Å². The number of fused-ring (bicyclic) bond motifs is 2. The van der Waals surface area contributed by atoms with Crippen LogP contribution in [0.3, 0.4) is 0 Å². The Kier molecular flexibility index (Phi) is 16.8. The molecule has 3 aromatic heterocycles. The largest absolute Gasteiger partial charge is 0.481 e. The molecule has 0 saturated heterocycles. The van der Waals surface area contributed by atoms with Crippen molar-refractivity contribution in [2.24, 2.45) is 28.8 Å². The number of carboxylic acid groups (broad SMARTS) is 1. The molecular formula is C71H62N8O11. The van der Waals surface area contributed by atoms with Crippen LogP contribution in [-0.2, 0) is 28.7 Å². The average molecular weight is 1200 g/mol. The van der Waals surface area contributed by atoms with Crippen LogP contribution in [0.1, 0.15) is 119 Å². The normalized spacial score (nSPS) is 20.1. The minimum absolute atomic E-state index is 0.0116. The molecule has 4 heterocycles. The number of carbonyl (C=O) groups excluding carboxylic acids is 7. The van der Waals surface area contributed by atoms with Crippen molar-refractivity contribution >= 4 is 104 Å². The monoisotopic (exact) mass is 1200 g/mol. The fourth-order valence-electron chi connectivity index (χ4n) is 12.0. The summed E-state index contributed by atoms with van der Waals surface area (Å²) in [5, 5.41) is 23.5. The van der Waals surface area contributed by atoms with E-state index < -0.39 is 17.9 Å². The van der Waals surface area contributed by atoms with Gasteiger partial charge in [0.2, 0.25) is 17.7 Å². The number of aldehydes is 1. The number of aromatic amines is 3. The minimum atomic E-state index is -0.663. The van der Waals surface area contributed by atoms with Gasteiger partial charge in [0, 0.05) is 97.2 Å². The third-order valence-electron chi connectivity index (χ3n) is 17.0. The number of H-pyrrole nitrogens is 3. The van der Waals surface area contributed by atoms with Crippen molar-refractivity contribution in [2.75, 3.05) is 30.2 Å². The number of methoxy groups -OCH3 is 2. The molecule has 10 aromatic rings. The Balaban J connectivity index is 0.000000120. The molecule has 19 nitrogen and oxygen atoms in total. The van der Waals surface area contributed by atoms with E-state index in [4.69, 9.17) is 14.6 Å². The molecule has 5 aliphatic rings. The van der Waals surface area contributed by atoms with E-state index >= 15 is 0 Å². The molecule has 0 radical (unpaired) electrons. The summed E-state index contributed by atoms with van der Waals surface area (Å²) < 4.78 is 9.67. The van der Waals surface area contributed by atoms with Crippen LogP contribution in [-0.4, -0.2) is 88.3 Å². The maximum absolute atomic E-state index is 12.6. The number of aliphatic carboxylic acids is 1. The molecular weight excluding hydrogens is 1140 g/mol. The average Bonchev–Trinajstić information content (AvgIpc) is 2.07. The number of carboxylic acids is 1. The number of nitrogens with zero attached hydrogens (tertiary/aromatic N) is 1. The molecule has 8 atom stereocenters. The Morgan fingerprint density at radius 1 is 0.511 bits per heavy atom. The van der Waals surface area contributed by atoms with Crippen LogP contribution in [0, 0.1) is 23.7 Å². The topological polar surface area (TPSA) is 283 Å². The number of hydrazone groups is 1. The summed E-state index contributed by atoms with van der Waals surface area (Å²) in [6.07, 6.45) is 10.7. The van der Waals surface area contributed by atoms with Gasteiger partial charge in [0.25, 0.3) is 5.91 Å². The Morgan fingerprint density at radius 3 is 1.40 bits per heavy atom. The van der Waals surface area contributed by atoms with E-state index in [1.807, 2.05) is 115 Å². The van der Waals surface area contributed by atoms with Gasteiger partial charge in [0.15, 0.2) is 6.29 Å². The van der Waals surface area contributed by atoms with Crippen molar-refractivity contribution in [2.45, 2.75) is 49.4 Å². The fourth-order valence-corrected chi connectivity index (χ4v) is 12.0. The van der Waals surface area contributed by atoms with Crippen molar-refractivity contribution in [3.8, 4) is 0 Å². The first kappa shape index (κ1) is 59.1. The third-order valence-corrected chi connectivity index (χ3v) is 17.0. The summed E-state index contributed by atoms with van der Waals surface area (Å²) in [5.74, 6) is -1.27. The maximum Gasteiger partial charge on any atom is 0.338 e. The van der Waals surface area contributed by atoms with E-state index in [1.54, 1.807) is 42.9 Å². The summed E-state index contributed by atoms with van der Waals surface area (Å²) in [6.45, 7) is 0. The molecule has 7 aromatic carbocycles. The summed E-state index contributed by atoms with van der Waals surface area (Å²) >= 11 is 0. The Bertz CT molecular complexity index is 4430. The summed E-state index contributed by atoms with van der Waals surface area (Å²) in [6, 6.07) is 52.1. The molecule has 4 aliphatic carbocycles. The van der Waals surface area contributed by atoms with Gasteiger partial charge in [-0.05, 0) is 114 Å². The number of carbonyl (C=O) groups is 8. The number of nitrogens with one attached hydrogen (secondary N) is 7. The van der Waals surface area contributed by atoms with Crippen LogP contribution in [0.25, 0.3) is 32.7 Å². The van der Waals surface area contributed by atoms with Crippen molar-refractivity contribution in [3.05, 3.63) is 232 Å². The lowest BCUT2D eigenvalue weighted by molar-refractivity contribution is -0.138. The highest BCUT2D eigenvalue weighted by Gasteiger charge is 2.46. The number of ether oxygens (including phenoxy) is 2. The lowest BCUT2D eigenvalue weighted by Crippen LogP contribution is -2.18. The van der Waals surface area contributed by atoms with Gasteiger partial charge in [-0.15, -0.1) is 0 Å². The SMILES string of the molecule is COC(=O)c1cc(NC(=O)C2C[C@H]2c2ccccc2)cc2[nH]cc(C=O)c12.COC(=O)c1cc(NC(=O)C2C[C@H]2c2ccccc2)cc2[nH]ccc12.O=C(O)C1C[C@H]1c1ccccc1.O=C1NN=Cc2c[nH]c3cc(NC(=O)[C@@H]4C[C@H]4c4ccccc4)cc1c23. The molecule has 90 heavy (non-hydrogen) atoms. The Labute approximate surface area is 515 Å². The number of rotatable bonds is 14. The second kappa shape index (κ2) is 25.6. The Hall–Kier alpha value is -11.2. The molecule has 4 amide bonds. The summed E-state index contributed by atoms with van der Waals surface area (Å²) in [7, 11) is 2.63. The van der Waals surface area contributed by atoms with E-state index in [0.29, 0.717) is 50.9 Å². The predicted octanol–water partition coefficient (Wildman–Crippen LogP) is 12.1. The van der Waals surface area contributed by atoms with Crippen molar-refractivity contribution in [3.63, 3.8) is 0 Å². The number of hydrogen-bond acceptors (Lipinski definition) is 11. The van der Waals surface area contributed by atoms with Crippen LogP contribution in [0.5, 0.6) is 0 Å². The zero-order valence-electron chi connectivity index (χ0n) is 48.9. The highest BCUT2D eigenvalue weighted by molar-refractivity contribution is 6.16. The van der Waals surface area contributed by atoms with Crippen molar-refractivity contribution < 1.29 is 52.9 Å². The van der Waals surface area contributed by atoms with Gasteiger partial charge in [-0.2, -0.15) is 5.10 Å². The van der Waals surface area contributed by atoms with Crippen molar-refractivity contribution in [1.82, 2.24) is 20.4 Å².